The van der Waals surface area contributed by atoms with Crippen molar-refractivity contribution in [2.24, 2.45) is 0 Å². The van der Waals surface area contributed by atoms with E-state index in [0.717, 1.165) is 18.2 Å². The second-order valence-electron chi connectivity index (χ2n) is 3.96. The van der Waals surface area contributed by atoms with Gasteiger partial charge in [-0.3, -0.25) is 0 Å². The first-order valence-electron chi connectivity index (χ1n) is 5.31. The van der Waals surface area contributed by atoms with Gasteiger partial charge < -0.3 is 0 Å². The zero-order valence-corrected chi connectivity index (χ0v) is 11.2. The normalized spacial score (nSPS) is 11.5. The van der Waals surface area contributed by atoms with Crippen LogP contribution in [0.4, 0.5) is 8.78 Å². The number of sulfone groups is 1. The highest BCUT2D eigenvalue weighted by Gasteiger charge is 2.16. The Morgan fingerprint density at radius 3 is 2.42 bits per heavy atom. The summed E-state index contributed by atoms with van der Waals surface area (Å²) >= 11 is 5.52. The third kappa shape index (κ3) is 3.30. The van der Waals surface area contributed by atoms with Crippen molar-refractivity contribution in [1.29, 1.82) is 0 Å². The van der Waals surface area contributed by atoms with Crippen molar-refractivity contribution < 1.29 is 17.2 Å². The van der Waals surface area contributed by atoms with Crippen molar-refractivity contribution in [3.8, 4) is 0 Å². The van der Waals surface area contributed by atoms with E-state index < -0.39 is 27.2 Å². The maximum atomic E-state index is 13.2. The van der Waals surface area contributed by atoms with Gasteiger partial charge in [-0.25, -0.2) is 17.2 Å². The first-order valence-corrected chi connectivity index (χ1v) is 7.34. The molecule has 2 rings (SSSR count). The van der Waals surface area contributed by atoms with Gasteiger partial charge in [-0.1, -0.05) is 23.7 Å². The van der Waals surface area contributed by atoms with Crippen molar-refractivity contribution in [2.45, 2.75) is 10.6 Å². The molecule has 0 spiro atoms. The molecule has 0 atom stereocenters. The average Bonchev–Trinajstić information content (AvgIpc) is 2.33. The Kier molecular flexibility index (Phi) is 3.87. The van der Waals surface area contributed by atoms with Gasteiger partial charge in [0.1, 0.15) is 11.6 Å². The molecule has 0 fully saturated rings. The minimum atomic E-state index is -3.72. The molecule has 2 nitrogen and oxygen atoms in total. The van der Waals surface area contributed by atoms with E-state index in [1.807, 2.05) is 0 Å². The van der Waals surface area contributed by atoms with Crippen LogP contribution in [0.2, 0.25) is 5.02 Å². The third-order valence-electron chi connectivity index (χ3n) is 2.50. The Morgan fingerprint density at radius 1 is 1.05 bits per heavy atom. The van der Waals surface area contributed by atoms with Crippen molar-refractivity contribution in [3.05, 3.63) is 64.7 Å². The number of benzene rings is 2. The van der Waals surface area contributed by atoms with Crippen LogP contribution >= 0.6 is 11.6 Å². The number of hydrogen-bond acceptors (Lipinski definition) is 2. The minimum absolute atomic E-state index is 0.0769. The Labute approximate surface area is 114 Å². The summed E-state index contributed by atoms with van der Waals surface area (Å²) in [4.78, 5) is -0.136. The average molecular weight is 303 g/mol. The van der Waals surface area contributed by atoms with Crippen molar-refractivity contribution in [2.75, 3.05) is 0 Å². The number of halogens is 3. The predicted octanol–water partition coefficient (Wildman–Crippen LogP) is 3.59. The zero-order valence-electron chi connectivity index (χ0n) is 9.61. The molecular formula is C13H9ClF2O2S. The lowest BCUT2D eigenvalue weighted by Gasteiger charge is -2.05. The maximum absolute atomic E-state index is 13.2. The molecule has 0 aliphatic rings. The van der Waals surface area contributed by atoms with E-state index in [4.69, 9.17) is 11.6 Å². The van der Waals surface area contributed by atoms with Crippen LogP contribution in [0.1, 0.15) is 5.56 Å². The summed E-state index contributed by atoms with van der Waals surface area (Å²) < 4.78 is 50.3. The molecule has 0 N–H and O–H groups in total. The Balaban J connectivity index is 2.33. The number of rotatable bonds is 3. The van der Waals surface area contributed by atoms with E-state index in [-0.39, 0.29) is 15.5 Å². The molecule has 19 heavy (non-hydrogen) atoms. The van der Waals surface area contributed by atoms with Crippen molar-refractivity contribution >= 4 is 21.4 Å². The predicted molar refractivity (Wildman–Crippen MR) is 68.7 cm³/mol. The molecule has 2 aromatic rings. The third-order valence-corrected chi connectivity index (χ3v) is 4.49. The van der Waals surface area contributed by atoms with E-state index in [0.29, 0.717) is 0 Å². The van der Waals surface area contributed by atoms with Crippen LogP contribution in [0.25, 0.3) is 0 Å². The molecule has 0 aliphatic heterocycles. The van der Waals surface area contributed by atoms with Crippen LogP contribution in [-0.4, -0.2) is 8.42 Å². The van der Waals surface area contributed by atoms with Crippen LogP contribution in [0, 0.1) is 11.6 Å². The maximum Gasteiger partial charge on any atom is 0.182 e. The van der Waals surface area contributed by atoms with Crippen LogP contribution in [0.15, 0.2) is 47.4 Å². The van der Waals surface area contributed by atoms with Crippen LogP contribution in [0.3, 0.4) is 0 Å². The molecule has 0 aromatic heterocycles. The second-order valence-corrected chi connectivity index (χ2v) is 6.36. The van der Waals surface area contributed by atoms with Crippen LogP contribution < -0.4 is 0 Å². The van der Waals surface area contributed by atoms with E-state index in [2.05, 4.69) is 0 Å². The standard InChI is InChI=1S/C13H9ClF2O2S/c14-12-5-4-9(6-13(12)16)8-19(17,18)11-3-1-2-10(15)7-11/h1-7H,8H2. The lowest BCUT2D eigenvalue weighted by atomic mass is 10.2. The van der Waals surface area contributed by atoms with Crippen LogP contribution in [0.5, 0.6) is 0 Å². The smallest absolute Gasteiger partial charge is 0.182 e. The lowest BCUT2D eigenvalue weighted by molar-refractivity contribution is 0.589. The topological polar surface area (TPSA) is 34.1 Å². The fourth-order valence-corrected chi connectivity index (χ4v) is 3.07. The highest BCUT2D eigenvalue weighted by Crippen LogP contribution is 2.20. The molecular weight excluding hydrogens is 294 g/mol. The molecule has 0 heterocycles. The van der Waals surface area contributed by atoms with E-state index >= 15 is 0 Å². The fraction of sp³-hybridized carbons (Fsp3) is 0.0769. The van der Waals surface area contributed by atoms with Crippen LogP contribution in [-0.2, 0) is 15.6 Å². The van der Waals surface area contributed by atoms with Gasteiger partial charge in [0.25, 0.3) is 0 Å². The summed E-state index contributed by atoms with van der Waals surface area (Å²) in [5.74, 6) is -1.73. The van der Waals surface area contributed by atoms with Gasteiger partial charge in [0, 0.05) is 0 Å². The van der Waals surface area contributed by atoms with Gasteiger partial charge >= 0.3 is 0 Å². The molecule has 0 radical (unpaired) electrons. The molecule has 0 saturated heterocycles. The molecule has 100 valence electrons. The SMILES string of the molecule is O=S(=O)(Cc1ccc(Cl)c(F)c1)c1cccc(F)c1. The summed E-state index contributed by atoms with van der Waals surface area (Å²) in [5.41, 5.74) is 0.256. The lowest BCUT2D eigenvalue weighted by Crippen LogP contribution is -2.05. The zero-order chi connectivity index (χ0) is 14.0. The molecule has 2 aromatic carbocycles. The highest BCUT2D eigenvalue weighted by atomic mass is 35.5. The monoisotopic (exact) mass is 302 g/mol. The van der Waals surface area contributed by atoms with Gasteiger partial charge in [-0.2, -0.15) is 0 Å². The van der Waals surface area contributed by atoms with Gasteiger partial charge in [0.15, 0.2) is 9.84 Å². The fourth-order valence-electron chi connectivity index (χ4n) is 1.59. The summed E-state index contributed by atoms with van der Waals surface area (Å²) in [7, 11) is -3.72. The molecule has 6 heteroatoms. The number of hydrogen-bond donors (Lipinski definition) is 0. The van der Waals surface area contributed by atoms with Crippen molar-refractivity contribution in [3.63, 3.8) is 0 Å². The Morgan fingerprint density at radius 2 is 1.79 bits per heavy atom. The van der Waals surface area contributed by atoms with Gasteiger partial charge in [0.05, 0.1) is 15.7 Å². The Bertz CT molecular complexity index is 714. The molecule has 0 saturated carbocycles. The first kappa shape index (κ1) is 14.0. The largest absolute Gasteiger partial charge is 0.223 e. The molecule has 0 bridgehead atoms. The minimum Gasteiger partial charge on any atom is -0.223 e. The second kappa shape index (κ2) is 5.27. The quantitative estimate of drug-likeness (QED) is 0.868. The first-order chi connectivity index (χ1) is 8.88. The summed E-state index contributed by atoms with van der Waals surface area (Å²) in [6, 6.07) is 8.45. The summed E-state index contributed by atoms with van der Waals surface area (Å²) in [6.07, 6.45) is 0. The van der Waals surface area contributed by atoms with Gasteiger partial charge in [0.2, 0.25) is 0 Å². The van der Waals surface area contributed by atoms with Gasteiger partial charge in [-0.15, -0.1) is 0 Å². The molecule has 0 amide bonds. The highest BCUT2D eigenvalue weighted by molar-refractivity contribution is 7.90. The molecule has 0 unspecified atom stereocenters. The van der Waals surface area contributed by atoms with E-state index in [9.17, 15) is 17.2 Å². The summed E-state index contributed by atoms with van der Waals surface area (Å²) in [5, 5.41) is -0.0769. The summed E-state index contributed by atoms with van der Waals surface area (Å²) in [6.45, 7) is 0. The van der Waals surface area contributed by atoms with E-state index in [1.165, 1.54) is 24.3 Å². The Hall–Kier alpha value is -1.46. The van der Waals surface area contributed by atoms with Crippen molar-refractivity contribution in [1.82, 2.24) is 0 Å². The van der Waals surface area contributed by atoms with Gasteiger partial charge in [-0.05, 0) is 35.9 Å². The van der Waals surface area contributed by atoms with E-state index in [1.54, 1.807) is 0 Å². The molecule has 0 aliphatic carbocycles.